The van der Waals surface area contributed by atoms with Gasteiger partial charge in [-0.15, -0.1) is 0 Å². The molecule has 11 heavy (non-hydrogen) atoms. The molecule has 4 heteroatoms. The molecule has 0 amide bonds. The first-order valence-electron chi connectivity index (χ1n) is 2.90. The first kappa shape index (κ1) is 8.45. The number of aldehydes is 1. The van der Waals surface area contributed by atoms with Crippen LogP contribution in [0.4, 0.5) is 0 Å². The van der Waals surface area contributed by atoms with Crippen LogP contribution < -0.4 is 5.63 Å². The number of carbonyl (C=O) groups excluding carboxylic acids is 1. The van der Waals surface area contributed by atoms with Crippen molar-refractivity contribution in [1.29, 1.82) is 0 Å². The fraction of sp³-hybridized carbons (Fsp3) is 0.143. The summed E-state index contributed by atoms with van der Waals surface area (Å²) < 4.78 is 5.32. The molecule has 0 spiro atoms. The Balaban J connectivity index is 3.49. The van der Waals surface area contributed by atoms with Crippen LogP contribution in [0.25, 0.3) is 0 Å². The number of carbonyl (C=O) groups is 1. The van der Waals surface area contributed by atoms with Crippen LogP contribution in [-0.2, 0) is 0 Å². The summed E-state index contributed by atoms with van der Waals surface area (Å²) in [5.74, 6) is 0.519. The first-order chi connectivity index (χ1) is 5.15. The van der Waals surface area contributed by atoms with E-state index in [9.17, 15) is 9.59 Å². The summed E-state index contributed by atoms with van der Waals surface area (Å²) in [5, 5.41) is 0. The molecule has 0 unspecified atom stereocenters. The van der Waals surface area contributed by atoms with E-state index in [0.29, 0.717) is 15.6 Å². The molecule has 0 N–H and O–H groups in total. The fourth-order valence-corrected chi connectivity index (χ4v) is 1.47. The van der Waals surface area contributed by atoms with Crippen LogP contribution in [0, 0.1) is 10.5 Å². The molecule has 0 saturated carbocycles. The minimum absolute atomic E-state index is 0.0937. The molecule has 0 fully saturated rings. The third kappa shape index (κ3) is 1.68. The molecule has 0 aliphatic rings. The minimum atomic E-state index is -0.565. The minimum Gasteiger partial charge on any atom is -0.428 e. The Hall–Kier alpha value is -0.650. The lowest BCUT2D eigenvalue weighted by atomic mass is 10.3. The normalized spacial score (nSPS) is 9.64. The summed E-state index contributed by atoms with van der Waals surface area (Å²) in [6.07, 6.45) is 0.507. The topological polar surface area (TPSA) is 47.3 Å². The van der Waals surface area contributed by atoms with E-state index in [-0.39, 0.29) is 5.56 Å². The number of aryl methyl sites for hydroxylation is 1. The van der Waals surface area contributed by atoms with Crippen molar-refractivity contribution in [3.8, 4) is 0 Å². The molecular weight excluding hydrogens is 259 g/mol. The number of halogens is 1. The predicted octanol–water partition coefficient (Wildman–Crippen LogP) is 1.37. The van der Waals surface area contributed by atoms with Gasteiger partial charge in [-0.05, 0) is 35.6 Å². The Morgan fingerprint density at radius 3 is 2.73 bits per heavy atom. The zero-order valence-corrected chi connectivity index (χ0v) is 7.91. The second-order valence-electron chi connectivity index (χ2n) is 2.02. The van der Waals surface area contributed by atoms with Crippen molar-refractivity contribution in [2.75, 3.05) is 0 Å². The largest absolute Gasteiger partial charge is 0.428 e. The molecule has 0 aromatic carbocycles. The molecule has 0 bridgehead atoms. The molecule has 3 nitrogen and oxygen atoms in total. The average Bonchev–Trinajstić information content (AvgIpc) is 1.85. The summed E-state index contributed by atoms with van der Waals surface area (Å²) >= 11 is 1.92. The van der Waals surface area contributed by atoms with Gasteiger partial charge in [0, 0.05) is 3.57 Å². The van der Waals surface area contributed by atoms with Crippen molar-refractivity contribution in [2.45, 2.75) is 6.92 Å². The smallest absolute Gasteiger partial charge is 0.347 e. The van der Waals surface area contributed by atoms with Crippen molar-refractivity contribution < 1.29 is 9.21 Å². The highest BCUT2D eigenvalue weighted by Crippen LogP contribution is 2.07. The van der Waals surface area contributed by atoms with Gasteiger partial charge in [-0.1, -0.05) is 0 Å². The molecule has 1 heterocycles. The van der Waals surface area contributed by atoms with E-state index >= 15 is 0 Å². The van der Waals surface area contributed by atoms with E-state index in [1.807, 2.05) is 22.6 Å². The standard InChI is InChI=1S/C7H5IO3/c1-4-2-6(8)5(3-9)7(10)11-4/h2-3H,1H3. The van der Waals surface area contributed by atoms with Crippen molar-refractivity contribution in [3.63, 3.8) is 0 Å². The van der Waals surface area contributed by atoms with E-state index in [1.54, 1.807) is 13.0 Å². The lowest BCUT2D eigenvalue weighted by Gasteiger charge is -1.94. The van der Waals surface area contributed by atoms with E-state index < -0.39 is 5.63 Å². The summed E-state index contributed by atoms with van der Waals surface area (Å²) in [4.78, 5) is 21.2. The lowest BCUT2D eigenvalue weighted by Crippen LogP contribution is -2.09. The lowest BCUT2D eigenvalue weighted by molar-refractivity contribution is 0.111. The SMILES string of the molecule is Cc1cc(I)c(C=O)c(=O)o1. The second kappa shape index (κ2) is 3.17. The molecule has 0 saturated heterocycles. The number of hydrogen-bond donors (Lipinski definition) is 0. The predicted molar refractivity (Wildman–Crippen MR) is 47.8 cm³/mol. The van der Waals surface area contributed by atoms with Crippen molar-refractivity contribution in [1.82, 2.24) is 0 Å². The van der Waals surface area contributed by atoms with Gasteiger partial charge in [0.2, 0.25) is 0 Å². The third-order valence-electron chi connectivity index (χ3n) is 1.18. The Morgan fingerprint density at radius 1 is 1.64 bits per heavy atom. The highest BCUT2D eigenvalue weighted by Gasteiger charge is 2.05. The fourth-order valence-electron chi connectivity index (χ4n) is 0.689. The summed E-state index contributed by atoms with van der Waals surface area (Å²) in [6.45, 7) is 1.66. The molecule has 0 aliphatic carbocycles. The summed E-state index contributed by atoms with van der Waals surface area (Å²) in [7, 11) is 0. The van der Waals surface area contributed by atoms with Gasteiger partial charge < -0.3 is 4.42 Å². The van der Waals surface area contributed by atoms with Crippen LogP contribution >= 0.6 is 22.6 Å². The molecule has 0 atom stereocenters. The summed E-state index contributed by atoms with van der Waals surface area (Å²) in [5.41, 5.74) is -0.472. The Kier molecular flexibility index (Phi) is 2.43. The van der Waals surface area contributed by atoms with Gasteiger partial charge in [0.05, 0.1) is 0 Å². The van der Waals surface area contributed by atoms with E-state index in [2.05, 4.69) is 4.42 Å². The molecular formula is C7H5IO3. The maximum atomic E-state index is 10.9. The second-order valence-corrected chi connectivity index (χ2v) is 3.19. The monoisotopic (exact) mass is 264 g/mol. The Morgan fingerprint density at radius 2 is 2.27 bits per heavy atom. The molecule has 0 aliphatic heterocycles. The maximum absolute atomic E-state index is 10.9. The Bertz CT molecular complexity index is 340. The highest BCUT2D eigenvalue weighted by atomic mass is 127. The quantitative estimate of drug-likeness (QED) is 0.568. The Labute approximate surface area is 76.6 Å². The number of rotatable bonds is 1. The molecule has 58 valence electrons. The van der Waals surface area contributed by atoms with Crippen molar-refractivity contribution in [2.24, 2.45) is 0 Å². The van der Waals surface area contributed by atoms with Gasteiger partial charge in [0.1, 0.15) is 11.3 Å². The highest BCUT2D eigenvalue weighted by molar-refractivity contribution is 14.1. The number of hydrogen-bond acceptors (Lipinski definition) is 3. The van der Waals surface area contributed by atoms with Gasteiger partial charge >= 0.3 is 5.63 Å². The molecule has 1 rings (SSSR count). The molecule has 0 radical (unpaired) electrons. The van der Waals surface area contributed by atoms with Gasteiger partial charge in [0.25, 0.3) is 0 Å². The van der Waals surface area contributed by atoms with Crippen LogP contribution in [0.5, 0.6) is 0 Å². The first-order valence-corrected chi connectivity index (χ1v) is 3.98. The van der Waals surface area contributed by atoms with Crippen LogP contribution in [-0.4, -0.2) is 6.29 Å². The molecule has 1 aromatic rings. The van der Waals surface area contributed by atoms with Gasteiger partial charge in [-0.25, -0.2) is 4.79 Å². The molecule has 1 aromatic heterocycles. The van der Waals surface area contributed by atoms with Gasteiger partial charge in [-0.3, -0.25) is 4.79 Å². The van der Waals surface area contributed by atoms with E-state index in [4.69, 9.17) is 0 Å². The third-order valence-corrected chi connectivity index (χ3v) is 2.07. The van der Waals surface area contributed by atoms with Crippen LogP contribution in [0.1, 0.15) is 16.1 Å². The zero-order chi connectivity index (χ0) is 8.43. The van der Waals surface area contributed by atoms with E-state index in [0.717, 1.165) is 0 Å². The van der Waals surface area contributed by atoms with Gasteiger partial charge in [-0.2, -0.15) is 0 Å². The van der Waals surface area contributed by atoms with E-state index in [1.165, 1.54) is 0 Å². The zero-order valence-electron chi connectivity index (χ0n) is 5.76. The summed E-state index contributed by atoms with van der Waals surface area (Å²) in [6, 6.07) is 1.64. The average molecular weight is 264 g/mol. The maximum Gasteiger partial charge on any atom is 0.347 e. The van der Waals surface area contributed by atoms with Crippen LogP contribution in [0.3, 0.4) is 0 Å². The van der Waals surface area contributed by atoms with Crippen LogP contribution in [0.2, 0.25) is 0 Å². The van der Waals surface area contributed by atoms with Crippen molar-refractivity contribution >= 4 is 28.9 Å². The van der Waals surface area contributed by atoms with Crippen LogP contribution in [0.15, 0.2) is 15.3 Å². The van der Waals surface area contributed by atoms with Crippen molar-refractivity contribution in [3.05, 3.63) is 31.4 Å². The van der Waals surface area contributed by atoms with Gasteiger partial charge in [0.15, 0.2) is 6.29 Å².